The summed E-state index contributed by atoms with van der Waals surface area (Å²) < 4.78 is 0. The maximum Gasteiger partial charge on any atom is 0.170 e. The summed E-state index contributed by atoms with van der Waals surface area (Å²) in [5, 5.41) is 15.3. The van der Waals surface area contributed by atoms with E-state index in [0.717, 1.165) is 24.1 Å². The topological polar surface area (TPSA) is 70.6 Å². The molecule has 4 heteroatoms. The highest BCUT2D eigenvalue weighted by atomic mass is 16.4. The lowest BCUT2D eigenvalue weighted by molar-refractivity contribution is 0.318. The van der Waals surface area contributed by atoms with Crippen LogP contribution in [0.5, 0.6) is 0 Å². The van der Waals surface area contributed by atoms with Gasteiger partial charge in [-0.1, -0.05) is 38.1 Å². The molecule has 4 nitrogen and oxygen atoms in total. The number of nitrogens with one attached hydrogen (secondary N) is 1. The van der Waals surface area contributed by atoms with Crippen molar-refractivity contribution in [3.63, 3.8) is 0 Å². The molecule has 0 saturated heterocycles. The second kappa shape index (κ2) is 7.14. The van der Waals surface area contributed by atoms with Crippen molar-refractivity contribution in [3.8, 4) is 0 Å². The fourth-order valence-corrected chi connectivity index (χ4v) is 2.20. The highest BCUT2D eigenvalue weighted by Gasteiger charge is 2.11. The molecule has 0 aliphatic heterocycles. The first-order valence-electron chi connectivity index (χ1n) is 6.80. The molecule has 0 saturated carbocycles. The van der Waals surface area contributed by atoms with Crippen molar-refractivity contribution in [2.75, 3.05) is 0 Å². The zero-order valence-corrected chi connectivity index (χ0v) is 12.3. The Kier molecular flexibility index (Phi) is 5.83. The van der Waals surface area contributed by atoms with E-state index in [4.69, 9.17) is 10.9 Å². The van der Waals surface area contributed by atoms with Crippen LogP contribution in [0.15, 0.2) is 23.4 Å². The van der Waals surface area contributed by atoms with Crippen molar-refractivity contribution in [1.29, 1.82) is 0 Å². The molecule has 0 aliphatic carbocycles. The largest absolute Gasteiger partial charge is 0.409 e. The molecule has 106 valence electrons. The highest BCUT2D eigenvalue weighted by molar-refractivity contribution is 5.97. The molecule has 0 spiro atoms. The molecule has 0 aliphatic rings. The average Bonchev–Trinajstić information content (AvgIpc) is 2.39. The van der Waals surface area contributed by atoms with Gasteiger partial charge in [-0.05, 0) is 36.5 Å². The van der Waals surface area contributed by atoms with E-state index in [1.807, 2.05) is 25.1 Å². The molecule has 1 rings (SSSR count). The molecule has 1 atom stereocenters. The van der Waals surface area contributed by atoms with E-state index in [-0.39, 0.29) is 5.84 Å². The number of nitrogens with two attached hydrogens (primary N) is 1. The summed E-state index contributed by atoms with van der Waals surface area (Å²) in [5.41, 5.74) is 8.72. The van der Waals surface area contributed by atoms with Crippen molar-refractivity contribution in [2.24, 2.45) is 16.8 Å². The molecular weight excluding hydrogens is 238 g/mol. The van der Waals surface area contributed by atoms with Gasteiger partial charge in [0.25, 0.3) is 0 Å². The van der Waals surface area contributed by atoms with Crippen LogP contribution < -0.4 is 11.1 Å². The molecule has 0 heterocycles. The Balaban J connectivity index is 2.75. The first-order valence-corrected chi connectivity index (χ1v) is 6.80. The lowest BCUT2D eigenvalue weighted by Crippen LogP contribution is -2.32. The molecule has 0 fully saturated rings. The van der Waals surface area contributed by atoms with Crippen molar-refractivity contribution in [3.05, 3.63) is 34.9 Å². The van der Waals surface area contributed by atoms with Crippen LogP contribution in [0.25, 0.3) is 0 Å². The quantitative estimate of drug-likeness (QED) is 0.320. The van der Waals surface area contributed by atoms with Crippen molar-refractivity contribution in [1.82, 2.24) is 5.32 Å². The monoisotopic (exact) mass is 263 g/mol. The minimum Gasteiger partial charge on any atom is -0.409 e. The predicted octanol–water partition coefficient (Wildman–Crippen LogP) is 2.61. The first kappa shape index (κ1) is 15.5. The highest BCUT2D eigenvalue weighted by Crippen LogP contribution is 2.13. The van der Waals surface area contributed by atoms with Gasteiger partial charge < -0.3 is 16.3 Å². The summed E-state index contributed by atoms with van der Waals surface area (Å²) in [6.45, 7) is 9.55. The summed E-state index contributed by atoms with van der Waals surface area (Å²) in [6, 6.07) is 6.39. The fraction of sp³-hybridized carbons (Fsp3) is 0.533. The van der Waals surface area contributed by atoms with Crippen LogP contribution in [0.3, 0.4) is 0 Å². The van der Waals surface area contributed by atoms with Crippen LogP contribution in [-0.4, -0.2) is 17.1 Å². The SMILES string of the molecule is CCC(NCc1ccc(/C(N)=N/O)cc1C)C(C)C. The number of rotatable bonds is 6. The Morgan fingerprint density at radius 3 is 2.58 bits per heavy atom. The molecule has 0 aromatic heterocycles. The van der Waals surface area contributed by atoms with Crippen LogP contribution in [0, 0.1) is 12.8 Å². The van der Waals surface area contributed by atoms with Crippen LogP contribution in [0.2, 0.25) is 0 Å². The van der Waals surface area contributed by atoms with Crippen LogP contribution >= 0.6 is 0 Å². The standard InChI is InChI=1S/C15H25N3O/c1-5-14(10(2)3)17-9-13-7-6-12(8-11(13)4)15(16)18-19/h6-8,10,14,17,19H,5,9H2,1-4H3,(H2,16,18). The van der Waals surface area contributed by atoms with Crippen LogP contribution in [-0.2, 0) is 6.54 Å². The summed E-state index contributed by atoms with van der Waals surface area (Å²) in [5.74, 6) is 0.776. The van der Waals surface area contributed by atoms with Crippen molar-refractivity contribution in [2.45, 2.75) is 46.7 Å². The molecule has 0 bridgehead atoms. The Hall–Kier alpha value is -1.55. The van der Waals surface area contributed by atoms with Gasteiger partial charge in [-0.2, -0.15) is 0 Å². The van der Waals surface area contributed by atoms with Gasteiger partial charge in [0.05, 0.1) is 0 Å². The Bertz CT molecular complexity index is 441. The average molecular weight is 263 g/mol. The number of amidine groups is 1. The maximum atomic E-state index is 8.67. The number of hydrogen-bond acceptors (Lipinski definition) is 3. The smallest absolute Gasteiger partial charge is 0.170 e. The summed E-state index contributed by atoms with van der Waals surface area (Å²) in [4.78, 5) is 0. The zero-order chi connectivity index (χ0) is 14.4. The normalized spacial score (nSPS) is 13.8. The molecule has 1 aromatic rings. The third-order valence-corrected chi connectivity index (χ3v) is 3.55. The van der Waals surface area contributed by atoms with E-state index >= 15 is 0 Å². The van der Waals surface area contributed by atoms with E-state index in [9.17, 15) is 0 Å². The Labute approximate surface area is 115 Å². The van der Waals surface area contributed by atoms with Gasteiger partial charge in [0, 0.05) is 18.2 Å². The third kappa shape index (κ3) is 4.24. The molecular formula is C15H25N3O. The van der Waals surface area contributed by atoms with Gasteiger partial charge >= 0.3 is 0 Å². The fourth-order valence-electron chi connectivity index (χ4n) is 2.20. The van der Waals surface area contributed by atoms with Gasteiger partial charge in [-0.3, -0.25) is 0 Å². The zero-order valence-electron chi connectivity index (χ0n) is 12.3. The van der Waals surface area contributed by atoms with Gasteiger partial charge in [-0.15, -0.1) is 0 Å². The lowest BCUT2D eigenvalue weighted by atomic mass is 10.00. The number of hydrogen-bond donors (Lipinski definition) is 3. The summed E-state index contributed by atoms with van der Waals surface area (Å²) in [7, 11) is 0. The number of oxime groups is 1. The van der Waals surface area contributed by atoms with E-state index in [1.54, 1.807) is 0 Å². The Morgan fingerprint density at radius 1 is 1.42 bits per heavy atom. The molecule has 19 heavy (non-hydrogen) atoms. The molecule has 1 unspecified atom stereocenters. The predicted molar refractivity (Wildman–Crippen MR) is 79.4 cm³/mol. The van der Waals surface area contributed by atoms with Crippen LogP contribution in [0.1, 0.15) is 43.9 Å². The minimum absolute atomic E-state index is 0.149. The number of benzene rings is 1. The van der Waals surface area contributed by atoms with E-state index in [0.29, 0.717) is 12.0 Å². The minimum atomic E-state index is 0.149. The molecule has 0 radical (unpaired) electrons. The first-order chi connectivity index (χ1) is 8.99. The number of nitrogens with zero attached hydrogens (tertiary/aromatic N) is 1. The van der Waals surface area contributed by atoms with E-state index in [2.05, 4.69) is 31.2 Å². The lowest BCUT2D eigenvalue weighted by Gasteiger charge is -2.21. The molecule has 4 N–H and O–H groups in total. The van der Waals surface area contributed by atoms with Gasteiger partial charge in [0.2, 0.25) is 0 Å². The molecule has 0 amide bonds. The Morgan fingerprint density at radius 2 is 2.11 bits per heavy atom. The molecule has 1 aromatic carbocycles. The van der Waals surface area contributed by atoms with Gasteiger partial charge in [0.1, 0.15) is 0 Å². The van der Waals surface area contributed by atoms with E-state index in [1.165, 1.54) is 5.56 Å². The van der Waals surface area contributed by atoms with Crippen molar-refractivity contribution < 1.29 is 5.21 Å². The summed E-state index contributed by atoms with van der Waals surface area (Å²) >= 11 is 0. The van der Waals surface area contributed by atoms with Crippen LogP contribution in [0.4, 0.5) is 0 Å². The third-order valence-electron chi connectivity index (χ3n) is 3.55. The van der Waals surface area contributed by atoms with Crippen molar-refractivity contribution >= 4 is 5.84 Å². The maximum absolute atomic E-state index is 8.67. The number of aryl methyl sites for hydroxylation is 1. The second-order valence-corrected chi connectivity index (χ2v) is 5.27. The van der Waals surface area contributed by atoms with Gasteiger partial charge in [0.15, 0.2) is 5.84 Å². The second-order valence-electron chi connectivity index (χ2n) is 5.27. The summed E-state index contributed by atoms with van der Waals surface area (Å²) in [6.07, 6.45) is 1.12. The van der Waals surface area contributed by atoms with Gasteiger partial charge in [-0.25, -0.2) is 0 Å². The van der Waals surface area contributed by atoms with E-state index < -0.39 is 0 Å².